The highest BCUT2D eigenvalue weighted by molar-refractivity contribution is 5.92. The van der Waals surface area contributed by atoms with Crippen LogP contribution in [0.4, 0.5) is 5.69 Å². The fourth-order valence-electron chi connectivity index (χ4n) is 2.91. The molecule has 0 saturated heterocycles. The van der Waals surface area contributed by atoms with Crippen molar-refractivity contribution >= 4 is 17.6 Å². The largest absolute Gasteiger partial charge is 0.481 e. The van der Waals surface area contributed by atoms with Crippen molar-refractivity contribution < 1.29 is 19.6 Å². The molecule has 1 aromatic heterocycles. The fourth-order valence-corrected chi connectivity index (χ4v) is 2.91. The van der Waals surface area contributed by atoms with E-state index in [1.807, 2.05) is 0 Å². The maximum Gasteiger partial charge on any atom is 0.306 e. The lowest BCUT2D eigenvalue weighted by Crippen LogP contribution is -2.33. The number of aliphatic carboxylic acids is 1. The van der Waals surface area contributed by atoms with Crippen molar-refractivity contribution in [3.63, 3.8) is 0 Å². The zero-order valence-corrected chi connectivity index (χ0v) is 13.2. The molecule has 1 aliphatic carbocycles. The summed E-state index contributed by atoms with van der Waals surface area (Å²) in [4.78, 5) is 33.4. The van der Waals surface area contributed by atoms with Crippen LogP contribution in [0.3, 0.4) is 0 Å². The third kappa shape index (κ3) is 3.65. The highest BCUT2D eigenvalue weighted by atomic mass is 16.6. The van der Waals surface area contributed by atoms with Gasteiger partial charge < -0.3 is 10.4 Å². The number of carbonyl (C=O) groups excluding carboxylic acids is 1. The van der Waals surface area contributed by atoms with Crippen LogP contribution in [-0.2, 0) is 4.79 Å². The first kappa shape index (κ1) is 16.6. The number of hydrogen-bond acceptors (Lipinski definition) is 5. The van der Waals surface area contributed by atoms with Crippen LogP contribution in [-0.4, -0.2) is 37.7 Å². The van der Waals surface area contributed by atoms with E-state index in [4.69, 9.17) is 5.11 Å². The number of benzene rings is 1. The molecule has 1 heterocycles. The molecule has 0 bridgehead atoms. The van der Waals surface area contributed by atoms with Gasteiger partial charge in [-0.2, -0.15) is 5.10 Å². The Balaban J connectivity index is 1.65. The molecule has 1 amide bonds. The molecule has 25 heavy (non-hydrogen) atoms. The number of nitro benzene ring substituents is 1. The first-order valence-electron chi connectivity index (χ1n) is 7.78. The molecule has 9 nitrogen and oxygen atoms in total. The first-order chi connectivity index (χ1) is 11.9. The molecule has 1 saturated carbocycles. The summed E-state index contributed by atoms with van der Waals surface area (Å²) in [6.45, 7) is 0. The van der Waals surface area contributed by atoms with Crippen LogP contribution >= 0.6 is 0 Å². The Hall–Kier alpha value is -3.23. The number of hydrogen-bond donors (Lipinski definition) is 2. The predicted molar refractivity (Wildman–Crippen MR) is 86.4 cm³/mol. The van der Waals surface area contributed by atoms with E-state index in [9.17, 15) is 19.7 Å². The smallest absolute Gasteiger partial charge is 0.306 e. The second-order valence-corrected chi connectivity index (χ2v) is 5.94. The van der Waals surface area contributed by atoms with E-state index in [1.54, 1.807) is 24.4 Å². The minimum Gasteiger partial charge on any atom is -0.481 e. The number of carbonyl (C=O) groups is 2. The van der Waals surface area contributed by atoms with Crippen LogP contribution < -0.4 is 5.32 Å². The van der Waals surface area contributed by atoms with Gasteiger partial charge in [-0.3, -0.25) is 19.7 Å². The number of nitrogens with one attached hydrogen (secondary N) is 1. The molecule has 0 aliphatic heterocycles. The molecule has 2 N–H and O–H groups in total. The summed E-state index contributed by atoms with van der Waals surface area (Å²) in [6.07, 6.45) is 3.19. The molecular formula is C16H16N4O5. The summed E-state index contributed by atoms with van der Waals surface area (Å²) >= 11 is 0. The normalized spacial score (nSPS) is 19.5. The van der Waals surface area contributed by atoms with Crippen LogP contribution in [0.2, 0.25) is 0 Å². The third-order valence-electron chi connectivity index (χ3n) is 4.26. The Labute approximate surface area is 142 Å². The molecule has 0 unspecified atom stereocenters. The minimum atomic E-state index is -0.834. The van der Waals surface area contributed by atoms with Gasteiger partial charge in [0, 0.05) is 24.4 Å². The molecule has 0 spiro atoms. The zero-order valence-electron chi connectivity index (χ0n) is 13.2. The predicted octanol–water partition coefficient (Wildman–Crippen LogP) is 1.76. The minimum absolute atomic E-state index is 0.0249. The quantitative estimate of drug-likeness (QED) is 0.628. The van der Waals surface area contributed by atoms with Crippen molar-refractivity contribution in [3.05, 3.63) is 52.3 Å². The van der Waals surface area contributed by atoms with E-state index in [-0.39, 0.29) is 23.3 Å². The number of carboxylic acid groups (broad SMARTS) is 1. The number of aromatic nitrogens is 2. The Bertz CT molecular complexity index is 814. The van der Waals surface area contributed by atoms with Crippen LogP contribution in [0.25, 0.3) is 5.69 Å². The number of amides is 1. The van der Waals surface area contributed by atoms with Gasteiger partial charge in [0.05, 0.1) is 16.5 Å². The second kappa shape index (κ2) is 6.71. The molecule has 2 atom stereocenters. The van der Waals surface area contributed by atoms with E-state index in [2.05, 4.69) is 10.4 Å². The van der Waals surface area contributed by atoms with E-state index in [0.29, 0.717) is 24.9 Å². The van der Waals surface area contributed by atoms with Gasteiger partial charge in [-0.25, -0.2) is 4.68 Å². The zero-order chi connectivity index (χ0) is 18.0. The van der Waals surface area contributed by atoms with Gasteiger partial charge in [0.2, 0.25) is 0 Å². The van der Waals surface area contributed by atoms with Crippen LogP contribution in [0.15, 0.2) is 36.5 Å². The standard InChI is InChI=1S/C16H16N4O5/c21-15(17-11-2-1-10(9-11)16(22)23)14-7-8-19(18-14)12-3-5-13(6-4-12)20(24)25/h3-8,10-11H,1-2,9H2,(H,17,21)(H,22,23)/t10-,11+/m1/s1. The SMILES string of the molecule is O=C(N[C@H]1CC[C@@H](C(=O)O)C1)c1ccn(-c2ccc([N+](=O)[O-])cc2)n1. The lowest BCUT2D eigenvalue weighted by atomic mass is 10.1. The van der Waals surface area contributed by atoms with Crippen LogP contribution in [0, 0.1) is 16.0 Å². The van der Waals surface area contributed by atoms with Crippen molar-refractivity contribution in [2.45, 2.75) is 25.3 Å². The monoisotopic (exact) mass is 344 g/mol. The molecule has 1 fully saturated rings. The summed E-state index contributed by atoms with van der Waals surface area (Å²) in [6, 6.07) is 7.18. The summed E-state index contributed by atoms with van der Waals surface area (Å²) < 4.78 is 1.45. The van der Waals surface area contributed by atoms with Crippen molar-refractivity contribution in [1.82, 2.24) is 15.1 Å². The molecular weight excluding hydrogens is 328 g/mol. The summed E-state index contributed by atoms with van der Waals surface area (Å²) in [5.74, 6) is -1.61. The van der Waals surface area contributed by atoms with Crippen LogP contribution in [0.1, 0.15) is 29.8 Å². The Morgan fingerprint density at radius 3 is 2.56 bits per heavy atom. The van der Waals surface area contributed by atoms with Gasteiger partial charge in [-0.15, -0.1) is 0 Å². The maximum absolute atomic E-state index is 12.2. The van der Waals surface area contributed by atoms with Crippen molar-refractivity contribution in [2.24, 2.45) is 5.92 Å². The van der Waals surface area contributed by atoms with E-state index >= 15 is 0 Å². The third-order valence-corrected chi connectivity index (χ3v) is 4.26. The lowest BCUT2D eigenvalue weighted by molar-refractivity contribution is -0.384. The van der Waals surface area contributed by atoms with Gasteiger partial charge in [-0.1, -0.05) is 0 Å². The molecule has 2 aromatic rings. The number of nitro groups is 1. The van der Waals surface area contributed by atoms with Crippen molar-refractivity contribution in [3.8, 4) is 5.69 Å². The average Bonchev–Trinajstić information content (AvgIpc) is 3.24. The van der Waals surface area contributed by atoms with E-state index in [0.717, 1.165) is 0 Å². The van der Waals surface area contributed by atoms with Crippen molar-refractivity contribution in [2.75, 3.05) is 0 Å². The fraction of sp³-hybridized carbons (Fsp3) is 0.312. The van der Waals surface area contributed by atoms with Gasteiger partial charge in [-0.05, 0) is 37.5 Å². The number of nitrogens with zero attached hydrogens (tertiary/aromatic N) is 3. The summed E-state index contributed by atoms with van der Waals surface area (Å²) in [7, 11) is 0. The molecule has 130 valence electrons. The second-order valence-electron chi connectivity index (χ2n) is 5.94. The van der Waals surface area contributed by atoms with Gasteiger partial charge in [0.25, 0.3) is 11.6 Å². The average molecular weight is 344 g/mol. The highest BCUT2D eigenvalue weighted by Crippen LogP contribution is 2.25. The number of non-ortho nitro benzene ring substituents is 1. The Kier molecular flexibility index (Phi) is 4.46. The number of rotatable bonds is 5. The van der Waals surface area contributed by atoms with Crippen molar-refractivity contribution in [1.29, 1.82) is 0 Å². The van der Waals surface area contributed by atoms with Crippen LogP contribution in [0.5, 0.6) is 0 Å². The number of carboxylic acids is 1. The Morgan fingerprint density at radius 1 is 1.24 bits per heavy atom. The molecule has 0 radical (unpaired) electrons. The summed E-state index contributed by atoms with van der Waals surface area (Å²) in [5.41, 5.74) is 0.775. The van der Waals surface area contributed by atoms with Gasteiger partial charge >= 0.3 is 5.97 Å². The molecule has 1 aliphatic rings. The van der Waals surface area contributed by atoms with Gasteiger partial charge in [0.15, 0.2) is 5.69 Å². The van der Waals surface area contributed by atoms with E-state index < -0.39 is 16.8 Å². The first-order valence-corrected chi connectivity index (χ1v) is 7.78. The lowest BCUT2D eigenvalue weighted by Gasteiger charge is -2.11. The molecule has 9 heteroatoms. The highest BCUT2D eigenvalue weighted by Gasteiger charge is 2.31. The molecule has 3 rings (SSSR count). The molecule has 1 aromatic carbocycles. The van der Waals surface area contributed by atoms with E-state index in [1.165, 1.54) is 16.8 Å². The topological polar surface area (TPSA) is 127 Å². The maximum atomic E-state index is 12.2. The van der Waals surface area contributed by atoms with Gasteiger partial charge in [0.1, 0.15) is 0 Å². The summed E-state index contributed by atoms with van der Waals surface area (Å²) in [5, 5.41) is 26.6. The Morgan fingerprint density at radius 2 is 1.96 bits per heavy atom.